The molecule has 5 nitrogen and oxygen atoms in total. The average molecular weight is 391 g/mol. The Morgan fingerprint density at radius 1 is 0.962 bits per heavy atom. The fraction of sp³-hybridized carbons (Fsp3) is 0.421. The molecule has 1 aromatic carbocycles. The van der Waals surface area contributed by atoms with Crippen molar-refractivity contribution in [2.24, 2.45) is 0 Å². The Bertz CT molecular complexity index is 899. The number of nitrogens with zero attached hydrogens (tertiary/aromatic N) is 2. The molecule has 2 aliphatic rings. The van der Waals surface area contributed by atoms with Crippen molar-refractivity contribution < 1.29 is 13.2 Å². The third-order valence-corrected chi connectivity index (χ3v) is 8.48. The normalized spacial score (nSPS) is 18.5. The molecule has 0 unspecified atom stereocenters. The summed E-state index contributed by atoms with van der Waals surface area (Å²) in [5.74, 6) is 0.00606. The number of hydrogen-bond donors (Lipinski definition) is 0. The van der Waals surface area contributed by atoms with E-state index in [1.54, 1.807) is 22.4 Å². The van der Waals surface area contributed by atoms with Crippen LogP contribution in [0.15, 0.2) is 39.9 Å². The maximum atomic E-state index is 12.8. The highest BCUT2D eigenvalue weighted by Gasteiger charge is 2.31. The number of piperazine rings is 1. The molecule has 1 aliphatic heterocycles. The van der Waals surface area contributed by atoms with Gasteiger partial charge in [-0.1, -0.05) is 12.1 Å². The van der Waals surface area contributed by atoms with Crippen LogP contribution in [-0.4, -0.2) is 49.7 Å². The first-order valence-corrected chi connectivity index (χ1v) is 11.3. The first-order chi connectivity index (χ1) is 12.6. The zero-order chi connectivity index (χ0) is 18.1. The molecule has 0 bridgehead atoms. The van der Waals surface area contributed by atoms with E-state index in [1.165, 1.54) is 39.6 Å². The summed E-state index contributed by atoms with van der Waals surface area (Å²) >= 11 is 1.23. The van der Waals surface area contributed by atoms with E-state index < -0.39 is 10.0 Å². The minimum Gasteiger partial charge on any atom is -0.336 e. The van der Waals surface area contributed by atoms with E-state index in [-0.39, 0.29) is 5.91 Å². The summed E-state index contributed by atoms with van der Waals surface area (Å²) in [6.45, 7) is 1.55. The number of benzene rings is 1. The van der Waals surface area contributed by atoms with Crippen LogP contribution in [0.1, 0.15) is 34.3 Å². The fourth-order valence-electron chi connectivity index (χ4n) is 3.72. The van der Waals surface area contributed by atoms with Crippen LogP contribution in [0.4, 0.5) is 0 Å². The SMILES string of the molecule is O=C(c1ccc2c(c1)CCCC2)N1CCN(S(=O)(=O)c2cccs2)CC1. The van der Waals surface area contributed by atoms with E-state index in [0.717, 1.165) is 18.4 Å². The van der Waals surface area contributed by atoms with Gasteiger partial charge in [-0.25, -0.2) is 8.42 Å². The molecule has 0 radical (unpaired) electrons. The van der Waals surface area contributed by atoms with E-state index in [1.807, 2.05) is 12.1 Å². The molecule has 1 saturated heterocycles. The Hall–Kier alpha value is -1.70. The van der Waals surface area contributed by atoms with E-state index in [4.69, 9.17) is 0 Å². The maximum absolute atomic E-state index is 12.8. The molecule has 4 rings (SSSR count). The third kappa shape index (κ3) is 3.31. The Morgan fingerprint density at radius 2 is 1.69 bits per heavy atom. The largest absolute Gasteiger partial charge is 0.336 e. The van der Waals surface area contributed by atoms with Crippen LogP contribution in [0.25, 0.3) is 0 Å². The molecule has 0 atom stereocenters. The zero-order valence-corrected chi connectivity index (χ0v) is 16.2. The van der Waals surface area contributed by atoms with Crippen LogP contribution in [0.2, 0.25) is 0 Å². The van der Waals surface area contributed by atoms with Crippen molar-refractivity contribution in [2.75, 3.05) is 26.2 Å². The van der Waals surface area contributed by atoms with E-state index in [9.17, 15) is 13.2 Å². The minimum absolute atomic E-state index is 0.00606. The first-order valence-electron chi connectivity index (χ1n) is 9.00. The number of carbonyl (C=O) groups is 1. The van der Waals surface area contributed by atoms with Gasteiger partial charge in [0.1, 0.15) is 4.21 Å². The number of sulfonamides is 1. The summed E-state index contributed by atoms with van der Waals surface area (Å²) < 4.78 is 27.0. The molecule has 2 aromatic rings. The summed E-state index contributed by atoms with van der Waals surface area (Å²) in [7, 11) is -3.43. The van der Waals surface area contributed by atoms with Gasteiger partial charge in [-0.05, 0) is 60.4 Å². The molecule has 2 heterocycles. The van der Waals surface area contributed by atoms with Crippen molar-refractivity contribution in [3.05, 3.63) is 52.4 Å². The lowest BCUT2D eigenvalue weighted by Crippen LogP contribution is -2.50. The molecule has 1 fully saturated rings. The van der Waals surface area contributed by atoms with E-state index in [2.05, 4.69) is 6.07 Å². The number of rotatable bonds is 3. The van der Waals surface area contributed by atoms with Crippen molar-refractivity contribution in [1.29, 1.82) is 0 Å². The van der Waals surface area contributed by atoms with Crippen LogP contribution in [0, 0.1) is 0 Å². The number of fused-ring (bicyclic) bond motifs is 1. The molecule has 138 valence electrons. The quantitative estimate of drug-likeness (QED) is 0.810. The topological polar surface area (TPSA) is 57.7 Å². The molecule has 0 spiro atoms. The van der Waals surface area contributed by atoms with Crippen molar-refractivity contribution in [2.45, 2.75) is 29.9 Å². The Morgan fingerprint density at radius 3 is 2.38 bits per heavy atom. The number of thiophene rings is 1. The van der Waals surface area contributed by atoms with Crippen LogP contribution >= 0.6 is 11.3 Å². The van der Waals surface area contributed by atoms with Crippen molar-refractivity contribution >= 4 is 27.3 Å². The highest BCUT2D eigenvalue weighted by atomic mass is 32.2. The molecule has 7 heteroatoms. The molecule has 1 amide bonds. The first kappa shape index (κ1) is 17.7. The summed E-state index contributed by atoms with van der Waals surface area (Å²) in [5, 5.41) is 1.77. The summed E-state index contributed by atoms with van der Waals surface area (Å²) in [6, 6.07) is 9.41. The highest BCUT2D eigenvalue weighted by molar-refractivity contribution is 7.91. The lowest BCUT2D eigenvalue weighted by Gasteiger charge is -2.34. The average Bonchev–Trinajstić information content (AvgIpc) is 3.23. The molecule has 0 saturated carbocycles. The van der Waals surface area contributed by atoms with Crippen molar-refractivity contribution in [3.63, 3.8) is 0 Å². The van der Waals surface area contributed by atoms with Crippen LogP contribution < -0.4 is 0 Å². The molecule has 26 heavy (non-hydrogen) atoms. The predicted molar refractivity (Wildman–Crippen MR) is 102 cm³/mol. The molecular formula is C19H22N2O3S2. The fourth-order valence-corrected chi connectivity index (χ4v) is 6.28. The van der Waals surface area contributed by atoms with Crippen molar-refractivity contribution in [1.82, 2.24) is 9.21 Å². The maximum Gasteiger partial charge on any atom is 0.253 e. The Kier molecular flexibility index (Phi) is 4.86. The van der Waals surface area contributed by atoms with Crippen LogP contribution in [0.5, 0.6) is 0 Å². The number of hydrogen-bond acceptors (Lipinski definition) is 4. The van der Waals surface area contributed by atoms with Gasteiger partial charge >= 0.3 is 0 Å². The predicted octanol–water partition coefficient (Wildman–Crippen LogP) is 2.77. The number of aryl methyl sites for hydroxylation is 2. The van der Waals surface area contributed by atoms with Gasteiger partial charge in [-0.15, -0.1) is 11.3 Å². The molecule has 1 aromatic heterocycles. The van der Waals surface area contributed by atoms with Gasteiger partial charge in [0.2, 0.25) is 0 Å². The van der Waals surface area contributed by atoms with Crippen LogP contribution in [0.3, 0.4) is 0 Å². The second kappa shape index (κ2) is 7.13. The molecular weight excluding hydrogens is 368 g/mol. The zero-order valence-electron chi connectivity index (χ0n) is 14.6. The Labute approximate surface area is 158 Å². The van der Waals surface area contributed by atoms with Gasteiger partial charge in [0, 0.05) is 31.7 Å². The van der Waals surface area contributed by atoms with E-state index in [0.29, 0.717) is 30.4 Å². The monoisotopic (exact) mass is 390 g/mol. The minimum atomic E-state index is -3.43. The lowest BCUT2D eigenvalue weighted by atomic mass is 9.90. The lowest BCUT2D eigenvalue weighted by molar-refractivity contribution is 0.0698. The molecule has 1 aliphatic carbocycles. The van der Waals surface area contributed by atoms with Gasteiger partial charge in [0.05, 0.1) is 0 Å². The second-order valence-electron chi connectivity index (χ2n) is 6.82. The van der Waals surface area contributed by atoms with Gasteiger partial charge in [-0.3, -0.25) is 4.79 Å². The van der Waals surface area contributed by atoms with Gasteiger partial charge < -0.3 is 4.90 Å². The third-order valence-electron chi connectivity index (χ3n) is 5.21. The highest BCUT2D eigenvalue weighted by Crippen LogP contribution is 2.24. The summed E-state index contributed by atoms with van der Waals surface area (Å²) in [6.07, 6.45) is 4.55. The summed E-state index contributed by atoms with van der Waals surface area (Å²) in [5.41, 5.74) is 3.38. The summed E-state index contributed by atoms with van der Waals surface area (Å²) in [4.78, 5) is 14.6. The second-order valence-corrected chi connectivity index (χ2v) is 9.93. The number of amides is 1. The van der Waals surface area contributed by atoms with Gasteiger partial charge in [0.15, 0.2) is 0 Å². The van der Waals surface area contributed by atoms with Gasteiger partial charge in [-0.2, -0.15) is 4.31 Å². The van der Waals surface area contributed by atoms with Crippen LogP contribution in [-0.2, 0) is 22.9 Å². The van der Waals surface area contributed by atoms with Gasteiger partial charge in [0.25, 0.3) is 15.9 Å². The number of carbonyl (C=O) groups excluding carboxylic acids is 1. The molecule has 0 N–H and O–H groups in total. The Balaban J connectivity index is 1.44. The standard InChI is InChI=1S/C19H22N2O3S2/c22-19(17-8-7-15-4-1-2-5-16(15)14-17)20-9-11-21(12-10-20)26(23,24)18-6-3-13-25-18/h3,6-8,13-14H,1-2,4-5,9-12H2. The van der Waals surface area contributed by atoms with Crippen molar-refractivity contribution in [3.8, 4) is 0 Å². The van der Waals surface area contributed by atoms with E-state index >= 15 is 0 Å². The smallest absolute Gasteiger partial charge is 0.253 e.